The van der Waals surface area contributed by atoms with Gasteiger partial charge in [-0.05, 0) is 41.5 Å². The average molecular weight is 582 g/mol. The molecule has 1 aliphatic rings. The molecule has 0 radical (unpaired) electrons. The first-order chi connectivity index (χ1) is 19.0. The van der Waals surface area contributed by atoms with E-state index in [0.717, 1.165) is 25.0 Å². The lowest BCUT2D eigenvalue weighted by Crippen LogP contribution is -2.48. The zero-order chi connectivity index (χ0) is 28.8. The maximum Gasteiger partial charge on any atom is 0.253 e. The van der Waals surface area contributed by atoms with Crippen molar-refractivity contribution in [1.82, 2.24) is 9.80 Å². The van der Waals surface area contributed by atoms with Crippen LogP contribution < -0.4 is 4.98 Å². The Morgan fingerprint density at radius 1 is 0.800 bits per heavy atom. The topological polar surface area (TPSA) is 129 Å². The van der Waals surface area contributed by atoms with Crippen molar-refractivity contribution in [3.8, 4) is 0 Å². The number of aromatic nitrogens is 1. The van der Waals surface area contributed by atoms with Gasteiger partial charge in [-0.1, -0.05) is 48.5 Å². The largest absolute Gasteiger partial charge is 0.748 e. The number of carbonyl (C=O) groups excluding carboxylic acids is 1. The molecule has 1 aromatic heterocycles. The molecule has 0 unspecified atom stereocenters. The van der Waals surface area contributed by atoms with E-state index < -0.39 is 20.0 Å². The summed E-state index contributed by atoms with van der Waals surface area (Å²) in [6.45, 7) is 3.91. The number of para-hydroxylation sites is 1. The Kier molecular flexibility index (Phi) is 9.31. The van der Waals surface area contributed by atoms with Crippen LogP contribution in [0, 0.1) is 0 Å². The molecule has 0 atom stereocenters. The number of sulfone groups is 1. The van der Waals surface area contributed by atoms with E-state index in [1.165, 1.54) is 5.56 Å². The molecule has 0 bridgehead atoms. The molecule has 0 spiro atoms. The number of benzene rings is 3. The zero-order valence-electron chi connectivity index (χ0n) is 22.1. The number of carbonyl (C=O) groups is 1. The van der Waals surface area contributed by atoms with Crippen LogP contribution in [0.5, 0.6) is 0 Å². The van der Waals surface area contributed by atoms with Gasteiger partial charge in [0.2, 0.25) is 5.52 Å². The summed E-state index contributed by atoms with van der Waals surface area (Å²) in [4.78, 5) is 20.6. The number of pyridine rings is 1. The molecule has 0 aliphatic carbocycles. The van der Waals surface area contributed by atoms with E-state index in [0.29, 0.717) is 36.0 Å². The van der Waals surface area contributed by atoms with Crippen LogP contribution >= 0.6 is 0 Å². The summed E-state index contributed by atoms with van der Waals surface area (Å²) < 4.78 is 53.5. The van der Waals surface area contributed by atoms with Crippen molar-refractivity contribution in [2.75, 3.05) is 32.4 Å². The van der Waals surface area contributed by atoms with Gasteiger partial charge < -0.3 is 9.45 Å². The van der Waals surface area contributed by atoms with Gasteiger partial charge in [-0.15, -0.1) is 0 Å². The second kappa shape index (κ2) is 12.7. The van der Waals surface area contributed by atoms with Gasteiger partial charge >= 0.3 is 0 Å². The standard InChI is InChI=1S/C28H27N3O3S.CH4O3S/c32-28(31-18-16-30(17-19-31)20-22-6-2-1-3-7-22)25-13-11-23(12-14-25)21-35(33,34)26-10-4-8-24-9-5-15-29-27(24)26;1-5(2,3)4/h1-15H,16-21H2;1H3,(H,2,3,4). The van der Waals surface area contributed by atoms with Gasteiger partial charge in [0, 0.05) is 56.0 Å². The van der Waals surface area contributed by atoms with Crippen LogP contribution in [-0.2, 0) is 32.3 Å². The highest BCUT2D eigenvalue weighted by molar-refractivity contribution is 7.90. The van der Waals surface area contributed by atoms with Crippen molar-refractivity contribution in [3.63, 3.8) is 0 Å². The quantitative estimate of drug-likeness (QED) is 0.320. The van der Waals surface area contributed by atoms with Gasteiger partial charge in [-0.25, -0.2) is 21.8 Å². The summed E-state index contributed by atoms with van der Waals surface area (Å²) in [6.07, 6.45) is 2.33. The molecule has 1 fully saturated rings. The highest BCUT2D eigenvalue weighted by Gasteiger charge is 2.24. The smallest absolute Gasteiger partial charge is 0.253 e. The Morgan fingerprint density at radius 2 is 1.43 bits per heavy atom. The Balaban J connectivity index is 0.000000681. The number of hydrogen-bond acceptors (Lipinski definition) is 7. The maximum atomic E-state index is 13.1. The Labute approximate surface area is 234 Å². The second-order valence-corrected chi connectivity index (χ2v) is 13.0. The molecule has 11 heteroatoms. The lowest BCUT2D eigenvalue weighted by molar-refractivity contribution is -0.346. The molecule has 1 N–H and O–H groups in total. The van der Waals surface area contributed by atoms with Gasteiger partial charge in [-0.3, -0.25) is 9.69 Å². The normalized spacial score (nSPS) is 14.4. The molecular formula is C29H31N3O6S2. The number of hydrogen-bond donors (Lipinski definition) is 0. The molecule has 1 aliphatic heterocycles. The summed E-state index contributed by atoms with van der Waals surface area (Å²) in [5.74, 6) is -0.135. The molecule has 5 rings (SSSR count). The number of rotatable bonds is 6. The maximum absolute atomic E-state index is 13.1. The van der Waals surface area contributed by atoms with E-state index >= 15 is 0 Å². The number of nitrogens with zero attached hydrogens (tertiary/aromatic N) is 2. The van der Waals surface area contributed by atoms with E-state index in [9.17, 15) is 13.2 Å². The monoisotopic (exact) mass is 581 g/mol. The third-order valence-electron chi connectivity index (χ3n) is 6.46. The summed E-state index contributed by atoms with van der Waals surface area (Å²) in [5, 5.41) is 0.846. The fraction of sp³-hybridized carbons (Fsp3) is 0.241. The zero-order valence-corrected chi connectivity index (χ0v) is 23.7. The Bertz CT molecular complexity index is 1650. The summed E-state index contributed by atoms with van der Waals surface area (Å²) in [6, 6.07) is 26.3. The van der Waals surface area contributed by atoms with Gasteiger partial charge in [0.25, 0.3) is 5.91 Å². The first-order valence-corrected chi connectivity index (χ1v) is 16.1. The molecular weight excluding hydrogens is 550 g/mol. The van der Waals surface area contributed by atoms with Gasteiger partial charge in [0.1, 0.15) is 4.90 Å². The van der Waals surface area contributed by atoms with Gasteiger partial charge in [0.15, 0.2) is 16.0 Å². The first kappa shape index (κ1) is 29.3. The Hall–Kier alpha value is -3.64. The van der Waals surface area contributed by atoms with Gasteiger partial charge in [-0.2, -0.15) is 0 Å². The van der Waals surface area contributed by atoms with Crippen LogP contribution in [0.3, 0.4) is 0 Å². The van der Waals surface area contributed by atoms with Crippen LogP contribution in [-0.4, -0.2) is 69.5 Å². The van der Waals surface area contributed by atoms with Crippen molar-refractivity contribution in [1.29, 1.82) is 0 Å². The molecule has 9 nitrogen and oxygen atoms in total. The van der Waals surface area contributed by atoms with Crippen LogP contribution in [0.1, 0.15) is 21.5 Å². The van der Waals surface area contributed by atoms with E-state index in [1.807, 2.05) is 41.3 Å². The van der Waals surface area contributed by atoms with E-state index in [4.69, 9.17) is 13.0 Å². The SMILES string of the molecule is CS(=O)(=O)[O-].O=C(c1ccc(CS(=O)(=O)c2cccc3ccc[nH+]c23)cc1)N1CCN(Cc2ccccc2)CC1. The lowest BCUT2D eigenvalue weighted by Gasteiger charge is -2.34. The van der Waals surface area contributed by atoms with Crippen LogP contribution in [0.2, 0.25) is 0 Å². The first-order valence-electron chi connectivity index (χ1n) is 12.7. The summed E-state index contributed by atoms with van der Waals surface area (Å²) >= 11 is 0. The average Bonchev–Trinajstić information content (AvgIpc) is 2.93. The minimum Gasteiger partial charge on any atom is -0.748 e. The fourth-order valence-electron chi connectivity index (χ4n) is 4.56. The molecule has 40 heavy (non-hydrogen) atoms. The Morgan fingerprint density at radius 3 is 2.08 bits per heavy atom. The van der Waals surface area contributed by atoms with E-state index in [-0.39, 0.29) is 16.6 Å². The summed E-state index contributed by atoms with van der Waals surface area (Å²) in [7, 11) is -7.47. The predicted molar refractivity (Wildman–Crippen MR) is 151 cm³/mol. The second-order valence-electron chi connectivity index (χ2n) is 9.60. The number of H-pyrrole nitrogens is 1. The van der Waals surface area contributed by atoms with Crippen molar-refractivity contribution in [2.24, 2.45) is 0 Å². The number of amides is 1. The number of piperazine rings is 1. The van der Waals surface area contributed by atoms with Crippen molar-refractivity contribution < 1.29 is 31.2 Å². The summed E-state index contributed by atoms with van der Waals surface area (Å²) in [5.41, 5.74) is 3.12. The van der Waals surface area contributed by atoms with Crippen molar-refractivity contribution in [2.45, 2.75) is 17.2 Å². The number of aromatic amines is 1. The molecule has 2 heterocycles. The highest BCUT2D eigenvalue weighted by Crippen LogP contribution is 2.23. The molecule has 1 saturated heterocycles. The van der Waals surface area contributed by atoms with E-state index in [2.05, 4.69) is 22.0 Å². The minimum atomic E-state index is -3.92. The molecule has 1 amide bonds. The lowest BCUT2D eigenvalue weighted by atomic mass is 10.1. The van der Waals surface area contributed by atoms with Crippen molar-refractivity contribution >= 4 is 36.8 Å². The van der Waals surface area contributed by atoms with Crippen LogP contribution in [0.15, 0.2) is 96.0 Å². The number of fused-ring (bicyclic) bond motifs is 1. The molecule has 3 aromatic carbocycles. The van der Waals surface area contributed by atoms with Crippen molar-refractivity contribution in [3.05, 3.63) is 108 Å². The molecule has 4 aromatic rings. The van der Waals surface area contributed by atoms with Crippen LogP contribution in [0.25, 0.3) is 10.9 Å². The van der Waals surface area contributed by atoms with E-state index in [1.54, 1.807) is 42.6 Å². The highest BCUT2D eigenvalue weighted by atomic mass is 32.2. The minimum absolute atomic E-state index is 0.0116. The third kappa shape index (κ3) is 8.18. The molecule has 210 valence electrons. The predicted octanol–water partition coefficient (Wildman–Crippen LogP) is 2.75. The van der Waals surface area contributed by atoms with Crippen LogP contribution in [0.4, 0.5) is 0 Å². The van der Waals surface area contributed by atoms with Gasteiger partial charge in [0.05, 0.1) is 15.9 Å². The fourth-order valence-corrected chi connectivity index (χ4v) is 6.12. The third-order valence-corrected chi connectivity index (χ3v) is 8.18. The number of nitrogens with one attached hydrogen (secondary N) is 1. The molecule has 0 saturated carbocycles.